The summed E-state index contributed by atoms with van der Waals surface area (Å²) in [5, 5.41) is 7.77. The molecule has 2 aromatic heterocycles. The van der Waals surface area contributed by atoms with E-state index in [1.54, 1.807) is 35.3 Å². The predicted octanol–water partition coefficient (Wildman–Crippen LogP) is 4.09. The minimum absolute atomic E-state index is 0.218. The van der Waals surface area contributed by atoms with Crippen LogP contribution in [0.3, 0.4) is 0 Å². The Morgan fingerprint density at radius 3 is 2.83 bits per heavy atom. The second kappa shape index (κ2) is 6.67. The minimum Gasteiger partial charge on any atom is -0.321 e. The fourth-order valence-corrected chi connectivity index (χ4v) is 3.13. The van der Waals surface area contributed by atoms with E-state index >= 15 is 0 Å². The van der Waals surface area contributed by atoms with Crippen molar-refractivity contribution in [2.45, 2.75) is 6.92 Å². The molecule has 0 saturated heterocycles. The number of hydrogen-bond acceptors (Lipinski definition) is 3. The Morgan fingerprint density at radius 2 is 2.13 bits per heavy atom. The van der Waals surface area contributed by atoms with Gasteiger partial charge in [-0.15, -0.1) is 0 Å². The summed E-state index contributed by atoms with van der Waals surface area (Å²) in [4.78, 5) is 16.7. The summed E-state index contributed by atoms with van der Waals surface area (Å²) in [5.41, 5.74) is 1.94. The van der Waals surface area contributed by atoms with Crippen LogP contribution in [-0.2, 0) is 0 Å². The maximum Gasteiger partial charge on any atom is 0.259 e. The Bertz CT molecular complexity index is 864. The second-order valence-electron chi connectivity index (χ2n) is 4.82. The molecule has 3 aromatic rings. The molecule has 0 unspecified atom stereocenters. The number of nitrogens with zero attached hydrogens (tertiary/aromatic N) is 3. The van der Waals surface area contributed by atoms with Gasteiger partial charge in [0.2, 0.25) is 0 Å². The summed E-state index contributed by atoms with van der Waals surface area (Å²) in [6.45, 7) is 1.84. The van der Waals surface area contributed by atoms with Gasteiger partial charge in [-0.1, -0.05) is 17.7 Å². The Kier molecular flexibility index (Phi) is 4.63. The Hall–Kier alpha value is -1.93. The van der Waals surface area contributed by atoms with Crippen molar-refractivity contribution in [2.75, 3.05) is 5.32 Å². The molecular weight excluding hydrogens is 427 g/mol. The van der Waals surface area contributed by atoms with Crippen LogP contribution in [0.2, 0.25) is 5.02 Å². The first-order valence-corrected chi connectivity index (χ1v) is 8.24. The lowest BCUT2D eigenvalue weighted by molar-refractivity contribution is 0.102. The predicted molar refractivity (Wildman–Crippen MR) is 98.2 cm³/mol. The van der Waals surface area contributed by atoms with E-state index < -0.39 is 0 Å². The zero-order valence-electron chi connectivity index (χ0n) is 12.1. The lowest BCUT2D eigenvalue weighted by Crippen LogP contribution is -2.14. The summed E-state index contributed by atoms with van der Waals surface area (Å²) in [6.07, 6.45) is 3.23. The maximum atomic E-state index is 12.5. The second-order valence-corrected chi connectivity index (χ2v) is 6.42. The van der Waals surface area contributed by atoms with E-state index in [9.17, 15) is 4.79 Å². The molecule has 0 radical (unpaired) electrons. The van der Waals surface area contributed by atoms with Gasteiger partial charge in [0.15, 0.2) is 5.82 Å². The van der Waals surface area contributed by atoms with Gasteiger partial charge < -0.3 is 5.32 Å². The summed E-state index contributed by atoms with van der Waals surface area (Å²) >= 11 is 8.06. The number of anilines is 1. The molecule has 7 heteroatoms. The molecule has 0 bridgehead atoms. The molecule has 0 aliphatic rings. The van der Waals surface area contributed by atoms with Crippen molar-refractivity contribution in [3.8, 4) is 5.82 Å². The zero-order valence-corrected chi connectivity index (χ0v) is 15.0. The van der Waals surface area contributed by atoms with Crippen molar-refractivity contribution in [1.29, 1.82) is 0 Å². The van der Waals surface area contributed by atoms with Crippen LogP contribution in [0.1, 0.15) is 16.1 Å². The van der Waals surface area contributed by atoms with Gasteiger partial charge in [-0.3, -0.25) is 4.79 Å². The van der Waals surface area contributed by atoms with Gasteiger partial charge in [0.25, 0.3) is 5.91 Å². The largest absolute Gasteiger partial charge is 0.321 e. The molecule has 0 aliphatic carbocycles. The average Bonchev–Trinajstić information content (AvgIpc) is 2.92. The molecule has 0 spiro atoms. The van der Waals surface area contributed by atoms with Crippen molar-refractivity contribution in [1.82, 2.24) is 14.8 Å². The van der Waals surface area contributed by atoms with E-state index in [1.165, 1.54) is 0 Å². The number of carbonyl (C=O) groups is 1. The molecule has 0 fully saturated rings. The maximum absolute atomic E-state index is 12.5. The van der Waals surface area contributed by atoms with Gasteiger partial charge in [0.05, 0.1) is 23.1 Å². The van der Waals surface area contributed by atoms with Gasteiger partial charge in [0, 0.05) is 14.8 Å². The number of aromatic nitrogens is 3. The molecule has 116 valence electrons. The van der Waals surface area contributed by atoms with Crippen molar-refractivity contribution < 1.29 is 4.79 Å². The topological polar surface area (TPSA) is 59.8 Å². The van der Waals surface area contributed by atoms with E-state index in [0.717, 1.165) is 9.26 Å². The summed E-state index contributed by atoms with van der Waals surface area (Å²) in [6, 6.07) is 10.9. The molecule has 2 heterocycles. The number of halogens is 2. The highest BCUT2D eigenvalue weighted by Gasteiger charge is 2.16. The SMILES string of the molecule is Cc1c(C(=O)Nc2ccc(Cl)cc2I)cnn1-c1ccccn1. The Labute approximate surface area is 151 Å². The Balaban J connectivity index is 1.88. The van der Waals surface area contributed by atoms with Crippen LogP contribution in [0, 0.1) is 10.5 Å². The fourth-order valence-electron chi connectivity index (χ4n) is 2.12. The van der Waals surface area contributed by atoms with Gasteiger partial charge in [0.1, 0.15) is 0 Å². The van der Waals surface area contributed by atoms with Gasteiger partial charge in [-0.2, -0.15) is 5.10 Å². The van der Waals surface area contributed by atoms with Crippen LogP contribution in [0.4, 0.5) is 5.69 Å². The third-order valence-corrected chi connectivity index (χ3v) is 4.43. The lowest BCUT2D eigenvalue weighted by Gasteiger charge is -2.08. The van der Waals surface area contributed by atoms with E-state index in [1.807, 2.05) is 25.1 Å². The molecule has 0 atom stereocenters. The first-order chi connectivity index (χ1) is 11.1. The smallest absolute Gasteiger partial charge is 0.259 e. The van der Waals surface area contributed by atoms with Gasteiger partial charge >= 0.3 is 0 Å². The molecule has 1 amide bonds. The molecule has 23 heavy (non-hydrogen) atoms. The highest BCUT2D eigenvalue weighted by atomic mass is 127. The van der Waals surface area contributed by atoms with E-state index in [2.05, 4.69) is 38.0 Å². The monoisotopic (exact) mass is 438 g/mol. The molecule has 0 aliphatic heterocycles. The number of pyridine rings is 1. The van der Waals surface area contributed by atoms with Crippen LogP contribution < -0.4 is 5.32 Å². The van der Waals surface area contributed by atoms with Crippen LogP contribution in [-0.4, -0.2) is 20.7 Å². The van der Waals surface area contributed by atoms with Crippen molar-refractivity contribution in [3.63, 3.8) is 0 Å². The van der Waals surface area contributed by atoms with Crippen molar-refractivity contribution >= 4 is 45.8 Å². The molecule has 1 N–H and O–H groups in total. The first kappa shape index (κ1) is 15.9. The molecule has 5 nitrogen and oxygen atoms in total. The third kappa shape index (κ3) is 3.37. The first-order valence-electron chi connectivity index (χ1n) is 6.78. The highest BCUT2D eigenvalue weighted by molar-refractivity contribution is 14.1. The number of hydrogen-bond donors (Lipinski definition) is 1. The number of nitrogens with one attached hydrogen (secondary N) is 1. The van der Waals surface area contributed by atoms with E-state index in [-0.39, 0.29) is 5.91 Å². The number of amides is 1. The zero-order chi connectivity index (χ0) is 16.4. The summed E-state index contributed by atoms with van der Waals surface area (Å²) < 4.78 is 2.51. The van der Waals surface area contributed by atoms with Gasteiger partial charge in [-0.05, 0) is 59.8 Å². The van der Waals surface area contributed by atoms with Crippen LogP contribution >= 0.6 is 34.2 Å². The van der Waals surface area contributed by atoms with Gasteiger partial charge in [-0.25, -0.2) is 9.67 Å². The van der Waals surface area contributed by atoms with Crippen LogP contribution in [0.25, 0.3) is 5.82 Å². The summed E-state index contributed by atoms with van der Waals surface area (Å²) in [5.74, 6) is 0.454. The standard InChI is InChI=1S/C16H12ClIN4O/c1-10-12(9-20-22(10)15-4-2-3-7-19-15)16(23)21-14-6-5-11(17)8-13(14)18/h2-9H,1H3,(H,21,23). The van der Waals surface area contributed by atoms with Crippen molar-refractivity contribution in [3.05, 3.63) is 68.6 Å². The van der Waals surface area contributed by atoms with E-state index in [4.69, 9.17) is 11.6 Å². The van der Waals surface area contributed by atoms with Crippen LogP contribution in [0.5, 0.6) is 0 Å². The van der Waals surface area contributed by atoms with Crippen LogP contribution in [0.15, 0.2) is 48.8 Å². The van der Waals surface area contributed by atoms with E-state index in [0.29, 0.717) is 22.1 Å². The quantitative estimate of drug-likeness (QED) is 0.627. The third-order valence-electron chi connectivity index (χ3n) is 3.30. The molecular formula is C16H12ClIN4O. The lowest BCUT2D eigenvalue weighted by atomic mass is 10.2. The average molecular weight is 439 g/mol. The highest BCUT2D eigenvalue weighted by Crippen LogP contribution is 2.23. The molecule has 0 saturated carbocycles. The summed E-state index contributed by atoms with van der Waals surface area (Å²) in [7, 11) is 0. The number of rotatable bonds is 3. The fraction of sp³-hybridized carbons (Fsp3) is 0.0625. The number of benzene rings is 1. The molecule has 1 aromatic carbocycles. The normalized spacial score (nSPS) is 10.6. The number of carbonyl (C=O) groups excluding carboxylic acids is 1. The minimum atomic E-state index is -0.218. The molecule has 3 rings (SSSR count). The van der Waals surface area contributed by atoms with Crippen molar-refractivity contribution in [2.24, 2.45) is 0 Å². The Morgan fingerprint density at radius 1 is 1.30 bits per heavy atom.